The average Bonchev–Trinajstić information content (AvgIpc) is 3.61. The minimum absolute atomic E-state index is 0.103. The number of nitrogens with two attached hydrogens (primary N) is 1. The molecule has 0 aromatic heterocycles. The number of amides is 1. The number of ether oxygens (including phenoxy) is 1. The van der Waals surface area contributed by atoms with Gasteiger partial charge in [-0.15, -0.1) is 0 Å². The third-order valence-corrected chi connectivity index (χ3v) is 9.45. The maximum Gasteiger partial charge on any atom is 0.280 e. The smallest absolute Gasteiger partial charge is 0.280 e. The molecule has 5 atom stereocenters. The Kier molecular flexibility index (Phi) is 7.36. The zero-order valence-corrected chi connectivity index (χ0v) is 23.1. The van der Waals surface area contributed by atoms with Crippen LogP contribution in [0.4, 0.5) is 8.78 Å². The Bertz CT molecular complexity index is 1280. The number of nitrogens with zero attached hydrogens (tertiary/aromatic N) is 1. The summed E-state index contributed by atoms with van der Waals surface area (Å²) in [6, 6.07) is 13.1. The quantitative estimate of drug-likeness (QED) is 0.409. The zero-order chi connectivity index (χ0) is 28.0. The van der Waals surface area contributed by atoms with Crippen LogP contribution in [0, 0.1) is 23.2 Å². The minimum atomic E-state index is -3.33. The van der Waals surface area contributed by atoms with Gasteiger partial charge in [-0.25, -0.2) is 8.78 Å². The van der Waals surface area contributed by atoms with Crippen LogP contribution in [0.3, 0.4) is 0 Å². The molecule has 0 aliphatic heterocycles. The summed E-state index contributed by atoms with van der Waals surface area (Å²) in [7, 11) is 3.35. The van der Waals surface area contributed by atoms with Crippen LogP contribution in [0.1, 0.15) is 54.4 Å². The second-order valence-electron chi connectivity index (χ2n) is 11.6. The number of rotatable bonds is 7. The number of halogens is 3. The number of allylic oxidation sites excluding steroid dienone is 2. The van der Waals surface area contributed by atoms with Gasteiger partial charge in [0.1, 0.15) is 5.75 Å². The molecule has 5 nitrogen and oxygen atoms in total. The summed E-state index contributed by atoms with van der Waals surface area (Å²) in [5.74, 6) is -4.50. The van der Waals surface area contributed by atoms with E-state index in [1.807, 2.05) is 12.2 Å². The first-order chi connectivity index (χ1) is 18.5. The Morgan fingerprint density at radius 1 is 1.18 bits per heavy atom. The lowest BCUT2D eigenvalue weighted by Gasteiger charge is -2.34. The van der Waals surface area contributed by atoms with E-state index < -0.39 is 23.2 Å². The number of hydrogen-bond acceptors (Lipinski definition) is 4. The first-order valence-corrected chi connectivity index (χ1v) is 13.9. The maximum absolute atomic E-state index is 15.8. The van der Waals surface area contributed by atoms with Gasteiger partial charge in [-0.3, -0.25) is 9.59 Å². The van der Waals surface area contributed by atoms with Gasteiger partial charge in [0.15, 0.2) is 11.3 Å². The van der Waals surface area contributed by atoms with Crippen molar-refractivity contribution < 1.29 is 23.1 Å². The van der Waals surface area contributed by atoms with E-state index in [0.29, 0.717) is 35.3 Å². The van der Waals surface area contributed by atoms with Crippen LogP contribution in [0.15, 0.2) is 60.7 Å². The first kappa shape index (κ1) is 27.8. The van der Waals surface area contributed by atoms with E-state index in [-0.39, 0.29) is 29.2 Å². The Labute approximate surface area is 233 Å². The van der Waals surface area contributed by atoms with Gasteiger partial charge in [0.25, 0.3) is 11.8 Å². The number of carbonyl (C=O) groups excluding carboxylic acids is 2. The van der Waals surface area contributed by atoms with Crippen LogP contribution < -0.4 is 10.5 Å². The average molecular weight is 557 g/mol. The molecule has 2 N–H and O–H groups in total. The highest BCUT2D eigenvalue weighted by Crippen LogP contribution is 2.63. The number of carbonyl (C=O) groups is 2. The molecule has 2 fully saturated rings. The van der Waals surface area contributed by atoms with Crippen molar-refractivity contribution in [3.63, 3.8) is 0 Å². The van der Waals surface area contributed by atoms with Gasteiger partial charge in [-0.1, -0.05) is 54.1 Å². The molecule has 2 saturated carbocycles. The summed E-state index contributed by atoms with van der Waals surface area (Å²) in [5.41, 5.74) is 4.64. The van der Waals surface area contributed by atoms with Gasteiger partial charge in [-0.05, 0) is 73.1 Å². The van der Waals surface area contributed by atoms with E-state index in [4.69, 9.17) is 22.1 Å². The molecule has 1 spiro atoms. The number of Topliss-reactive ketones (excluding diaryl/α,β-unsaturated/α-hetero) is 1. The lowest BCUT2D eigenvalue weighted by molar-refractivity contribution is -0.135. The van der Waals surface area contributed by atoms with Crippen molar-refractivity contribution in [2.75, 3.05) is 20.7 Å². The summed E-state index contributed by atoms with van der Waals surface area (Å²) in [4.78, 5) is 26.6. The molecule has 5 rings (SSSR count). The van der Waals surface area contributed by atoms with Crippen LogP contribution in [0.2, 0.25) is 5.02 Å². The molecule has 0 bridgehead atoms. The third-order valence-electron chi connectivity index (χ3n) is 9.14. The Morgan fingerprint density at radius 3 is 2.62 bits per heavy atom. The Hall–Kier alpha value is -2.77. The van der Waals surface area contributed by atoms with Gasteiger partial charge in [0.2, 0.25) is 0 Å². The van der Waals surface area contributed by atoms with Gasteiger partial charge < -0.3 is 15.4 Å². The summed E-state index contributed by atoms with van der Waals surface area (Å²) < 4.78 is 37.6. The second kappa shape index (κ2) is 10.3. The van der Waals surface area contributed by atoms with E-state index in [2.05, 4.69) is 0 Å². The summed E-state index contributed by atoms with van der Waals surface area (Å²) in [5, 5.41) is 0.352. The van der Waals surface area contributed by atoms with E-state index in [1.165, 1.54) is 17.0 Å². The van der Waals surface area contributed by atoms with Crippen molar-refractivity contribution in [1.29, 1.82) is 0 Å². The predicted molar refractivity (Wildman–Crippen MR) is 147 cm³/mol. The fourth-order valence-electron chi connectivity index (χ4n) is 6.62. The molecule has 3 aliphatic carbocycles. The molecule has 2 aromatic carbocycles. The van der Waals surface area contributed by atoms with Gasteiger partial charge >= 0.3 is 0 Å². The molecule has 1 amide bonds. The Balaban J connectivity index is 1.17. The van der Waals surface area contributed by atoms with Gasteiger partial charge in [0.05, 0.1) is 17.2 Å². The van der Waals surface area contributed by atoms with Gasteiger partial charge in [-0.2, -0.15) is 0 Å². The molecular formula is C31H35ClF2N2O3. The normalized spacial score (nSPS) is 31.2. The largest absolute Gasteiger partial charge is 0.494 e. The van der Waals surface area contributed by atoms with E-state index in [0.717, 1.165) is 25.7 Å². The molecule has 39 heavy (non-hydrogen) atoms. The molecule has 3 unspecified atom stereocenters. The fraction of sp³-hybridized carbons (Fsp3) is 0.484. The molecule has 3 aliphatic rings. The number of ketones is 1. The lowest BCUT2D eigenvalue weighted by Crippen LogP contribution is -2.55. The summed E-state index contributed by atoms with van der Waals surface area (Å²) >= 11 is 6.29. The molecule has 8 heteroatoms. The lowest BCUT2D eigenvalue weighted by atomic mass is 9.79. The van der Waals surface area contributed by atoms with E-state index >= 15 is 8.78 Å². The van der Waals surface area contributed by atoms with Crippen LogP contribution in [0.25, 0.3) is 0 Å². The maximum atomic E-state index is 15.8. The predicted octanol–water partition coefficient (Wildman–Crippen LogP) is 6.25. The highest BCUT2D eigenvalue weighted by Gasteiger charge is 2.68. The van der Waals surface area contributed by atoms with Crippen molar-refractivity contribution in [2.24, 2.45) is 28.9 Å². The van der Waals surface area contributed by atoms with Crippen molar-refractivity contribution in [3.05, 3.63) is 76.8 Å². The Morgan fingerprint density at radius 2 is 1.92 bits per heavy atom. The number of benzene rings is 2. The molecule has 0 saturated heterocycles. The highest BCUT2D eigenvalue weighted by atomic mass is 35.5. The first-order valence-electron chi connectivity index (χ1n) is 13.6. The van der Waals surface area contributed by atoms with Crippen LogP contribution >= 0.6 is 11.6 Å². The minimum Gasteiger partial charge on any atom is -0.494 e. The third kappa shape index (κ3) is 4.89. The van der Waals surface area contributed by atoms with Crippen molar-refractivity contribution in [1.82, 2.24) is 4.90 Å². The monoisotopic (exact) mass is 556 g/mol. The zero-order valence-electron chi connectivity index (χ0n) is 22.3. The van der Waals surface area contributed by atoms with Crippen molar-refractivity contribution in [3.8, 4) is 5.75 Å². The molecular weight excluding hydrogens is 522 g/mol. The SMILES string of the molecule is CN(C)C(=O)c1ccc(OCC[C@H]2CC23CC=CC(C2CC(=O)[C@@](N)(c4ccccc4)C2(F)F)CC3)cc1Cl. The van der Waals surface area contributed by atoms with Crippen LogP contribution in [-0.2, 0) is 10.3 Å². The molecule has 0 heterocycles. The second-order valence-corrected chi connectivity index (χ2v) is 12.0. The fourth-order valence-corrected chi connectivity index (χ4v) is 6.87. The number of hydrogen-bond donors (Lipinski definition) is 1. The number of alkyl halides is 2. The van der Waals surface area contributed by atoms with Crippen molar-refractivity contribution >= 4 is 23.3 Å². The summed E-state index contributed by atoms with van der Waals surface area (Å²) in [6.45, 7) is 0.513. The van der Waals surface area contributed by atoms with Crippen molar-refractivity contribution in [2.45, 2.75) is 50.0 Å². The molecule has 2 aromatic rings. The summed E-state index contributed by atoms with van der Waals surface area (Å²) in [6.07, 6.45) is 7.93. The molecule has 208 valence electrons. The topological polar surface area (TPSA) is 72.6 Å². The highest BCUT2D eigenvalue weighted by molar-refractivity contribution is 6.34. The van der Waals surface area contributed by atoms with Crippen LogP contribution in [0.5, 0.6) is 5.75 Å². The standard InChI is InChI=1S/C31H35ClF2N2O3/c1-36(2)28(38)24-11-10-23(17-26(24)32)39-16-13-22-19-29(22)14-6-7-20(12-15-29)25-18-27(37)30(35,31(25,33)34)21-8-4-3-5-9-21/h3-11,17,20,22,25H,12-16,18-19,35H2,1-2H3/t20?,22-,25?,29?,30-/m0/s1. The van der Waals surface area contributed by atoms with E-state index in [1.54, 1.807) is 50.5 Å². The van der Waals surface area contributed by atoms with Crippen LogP contribution in [-0.4, -0.2) is 43.2 Å². The molecule has 0 radical (unpaired) electrons. The van der Waals surface area contributed by atoms with E-state index in [9.17, 15) is 9.59 Å². The van der Waals surface area contributed by atoms with Gasteiger partial charge in [0, 0.05) is 26.4 Å².